The molecule has 0 spiro atoms. The van der Waals surface area contributed by atoms with Crippen molar-refractivity contribution >= 4 is 16.7 Å². The SMILES string of the molecule is COc1cc2nc(C)nc(NCc3cccc(C(F)F)c3C)c2cc1C. The summed E-state index contributed by atoms with van der Waals surface area (Å²) in [5.74, 6) is 2.08. The predicted molar refractivity (Wildman–Crippen MR) is 99.0 cm³/mol. The van der Waals surface area contributed by atoms with Crippen molar-refractivity contribution in [3.8, 4) is 5.75 Å². The highest BCUT2D eigenvalue weighted by molar-refractivity contribution is 5.91. The molecule has 1 aromatic heterocycles. The molecule has 1 heterocycles. The fourth-order valence-electron chi connectivity index (χ4n) is 3.05. The number of rotatable bonds is 5. The first kappa shape index (κ1) is 18.0. The van der Waals surface area contributed by atoms with Crippen molar-refractivity contribution in [2.45, 2.75) is 33.7 Å². The molecule has 0 radical (unpaired) electrons. The molecule has 3 rings (SSSR count). The summed E-state index contributed by atoms with van der Waals surface area (Å²) < 4.78 is 31.6. The number of nitrogens with one attached hydrogen (secondary N) is 1. The van der Waals surface area contributed by atoms with Gasteiger partial charge in [0.05, 0.1) is 12.6 Å². The second kappa shape index (κ2) is 7.23. The zero-order valence-electron chi connectivity index (χ0n) is 15.2. The molecule has 6 heteroatoms. The zero-order valence-corrected chi connectivity index (χ0v) is 15.2. The van der Waals surface area contributed by atoms with Gasteiger partial charge < -0.3 is 10.1 Å². The van der Waals surface area contributed by atoms with E-state index in [1.54, 1.807) is 20.1 Å². The van der Waals surface area contributed by atoms with Crippen molar-refractivity contribution in [3.63, 3.8) is 0 Å². The molecule has 0 fully saturated rings. The standard InChI is InChI=1S/C20H21F2N3O/c1-11-8-16-17(9-18(11)26-4)24-13(3)25-20(16)23-10-14-6-5-7-15(12(14)2)19(21)22/h5-9,19H,10H2,1-4H3,(H,23,24,25). The first-order valence-electron chi connectivity index (χ1n) is 8.34. The molecule has 0 atom stereocenters. The van der Waals surface area contributed by atoms with Gasteiger partial charge >= 0.3 is 0 Å². The van der Waals surface area contributed by atoms with Crippen LogP contribution in [-0.2, 0) is 6.54 Å². The van der Waals surface area contributed by atoms with Crippen LogP contribution < -0.4 is 10.1 Å². The number of halogens is 2. The van der Waals surface area contributed by atoms with Crippen LogP contribution in [0.2, 0.25) is 0 Å². The summed E-state index contributed by atoms with van der Waals surface area (Å²) in [7, 11) is 1.63. The van der Waals surface area contributed by atoms with Gasteiger partial charge in [0.25, 0.3) is 6.43 Å². The Balaban J connectivity index is 1.97. The monoisotopic (exact) mass is 357 g/mol. The molecule has 1 N–H and O–H groups in total. The van der Waals surface area contributed by atoms with E-state index in [1.807, 2.05) is 32.0 Å². The number of fused-ring (bicyclic) bond motifs is 1. The third-order valence-electron chi connectivity index (χ3n) is 4.49. The lowest BCUT2D eigenvalue weighted by Crippen LogP contribution is -2.07. The summed E-state index contributed by atoms with van der Waals surface area (Å²) in [6.45, 7) is 5.90. The minimum atomic E-state index is -2.48. The summed E-state index contributed by atoms with van der Waals surface area (Å²) in [5, 5.41) is 4.15. The third kappa shape index (κ3) is 3.45. The minimum absolute atomic E-state index is 0.0635. The lowest BCUT2D eigenvalue weighted by atomic mass is 10.0. The van der Waals surface area contributed by atoms with Crippen LogP contribution in [0.25, 0.3) is 10.9 Å². The minimum Gasteiger partial charge on any atom is -0.496 e. The van der Waals surface area contributed by atoms with Crippen molar-refractivity contribution in [2.75, 3.05) is 12.4 Å². The van der Waals surface area contributed by atoms with E-state index < -0.39 is 6.43 Å². The molecule has 4 nitrogen and oxygen atoms in total. The van der Waals surface area contributed by atoms with Gasteiger partial charge in [0.15, 0.2) is 0 Å². The Morgan fingerprint density at radius 3 is 2.58 bits per heavy atom. The van der Waals surface area contributed by atoms with E-state index in [1.165, 1.54) is 6.07 Å². The van der Waals surface area contributed by atoms with Crippen LogP contribution in [0.5, 0.6) is 5.75 Å². The smallest absolute Gasteiger partial charge is 0.264 e. The van der Waals surface area contributed by atoms with E-state index in [9.17, 15) is 8.78 Å². The number of benzene rings is 2. The normalized spacial score (nSPS) is 11.2. The molecule has 26 heavy (non-hydrogen) atoms. The van der Waals surface area contributed by atoms with Gasteiger partial charge in [-0.2, -0.15) is 0 Å². The molecule has 0 aliphatic rings. The van der Waals surface area contributed by atoms with E-state index in [0.717, 1.165) is 27.8 Å². The van der Waals surface area contributed by atoms with Gasteiger partial charge in [-0.3, -0.25) is 0 Å². The Morgan fingerprint density at radius 2 is 1.88 bits per heavy atom. The Morgan fingerprint density at radius 1 is 1.12 bits per heavy atom. The van der Waals surface area contributed by atoms with Crippen molar-refractivity contribution < 1.29 is 13.5 Å². The summed E-state index contributed by atoms with van der Waals surface area (Å²) in [4.78, 5) is 8.95. The van der Waals surface area contributed by atoms with Crippen LogP contribution >= 0.6 is 0 Å². The number of anilines is 1. The van der Waals surface area contributed by atoms with Crippen molar-refractivity contribution in [2.24, 2.45) is 0 Å². The predicted octanol–water partition coefficient (Wildman–Crippen LogP) is 5.11. The maximum Gasteiger partial charge on any atom is 0.264 e. The van der Waals surface area contributed by atoms with E-state index in [-0.39, 0.29) is 5.56 Å². The highest BCUT2D eigenvalue weighted by Crippen LogP contribution is 2.29. The first-order chi connectivity index (χ1) is 12.4. The summed E-state index contributed by atoms with van der Waals surface area (Å²) >= 11 is 0. The Bertz CT molecular complexity index is 957. The number of alkyl halides is 2. The summed E-state index contributed by atoms with van der Waals surface area (Å²) in [6, 6.07) is 8.82. The topological polar surface area (TPSA) is 47.0 Å². The van der Waals surface area contributed by atoms with E-state index in [2.05, 4.69) is 15.3 Å². The Kier molecular flexibility index (Phi) is 5.02. The number of nitrogens with zero attached hydrogens (tertiary/aromatic N) is 2. The van der Waals surface area contributed by atoms with Crippen molar-refractivity contribution in [1.82, 2.24) is 9.97 Å². The van der Waals surface area contributed by atoms with Gasteiger partial charge in [0.1, 0.15) is 17.4 Å². The van der Waals surface area contributed by atoms with Crippen molar-refractivity contribution in [3.05, 3.63) is 58.4 Å². The highest BCUT2D eigenvalue weighted by atomic mass is 19.3. The lowest BCUT2D eigenvalue weighted by Gasteiger charge is -2.14. The molecule has 0 bridgehead atoms. The van der Waals surface area contributed by atoms with Gasteiger partial charge in [-0.1, -0.05) is 18.2 Å². The number of aryl methyl sites for hydroxylation is 2. The molecule has 0 aliphatic carbocycles. The van der Waals surface area contributed by atoms with E-state index in [4.69, 9.17) is 4.74 Å². The zero-order chi connectivity index (χ0) is 18.8. The molecule has 0 saturated carbocycles. The largest absolute Gasteiger partial charge is 0.496 e. The van der Waals surface area contributed by atoms with Crippen LogP contribution in [0.15, 0.2) is 30.3 Å². The number of hydrogen-bond acceptors (Lipinski definition) is 4. The van der Waals surface area contributed by atoms with Gasteiger partial charge in [-0.05, 0) is 43.5 Å². The molecule has 0 aliphatic heterocycles. The van der Waals surface area contributed by atoms with Gasteiger partial charge in [0.2, 0.25) is 0 Å². The molecule has 136 valence electrons. The van der Waals surface area contributed by atoms with Gasteiger partial charge in [0, 0.05) is 23.6 Å². The fourth-order valence-corrected chi connectivity index (χ4v) is 3.05. The van der Waals surface area contributed by atoms with Crippen LogP contribution in [0.1, 0.15) is 34.5 Å². The summed E-state index contributed by atoms with van der Waals surface area (Å²) in [6.07, 6.45) is -2.48. The third-order valence-corrected chi connectivity index (χ3v) is 4.49. The van der Waals surface area contributed by atoms with Crippen LogP contribution in [0.4, 0.5) is 14.6 Å². The van der Waals surface area contributed by atoms with Crippen molar-refractivity contribution in [1.29, 1.82) is 0 Å². The maximum absolute atomic E-state index is 13.1. The second-order valence-corrected chi connectivity index (χ2v) is 6.24. The van der Waals surface area contributed by atoms with Gasteiger partial charge in [-0.15, -0.1) is 0 Å². The highest BCUT2D eigenvalue weighted by Gasteiger charge is 2.14. The molecule has 0 unspecified atom stereocenters. The van der Waals surface area contributed by atoms with E-state index in [0.29, 0.717) is 23.8 Å². The second-order valence-electron chi connectivity index (χ2n) is 6.24. The number of ether oxygens (including phenoxy) is 1. The lowest BCUT2D eigenvalue weighted by molar-refractivity contribution is 0.150. The van der Waals surface area contributed by atoms with Crippen LogP contribution in [0, 0.1) is 20.8 Å². The average molecular weight is 357 g/mol. The molecule has 0 saturated heterocycles. The molecule has 3 aromatic rings. The molecular formula is C20H21F2N3O. The average Bonchev–Trinajstić information content (AvgIpc) is 2.60. The Hall–Kier alpha value is -2.76. The summed E-state index contributed by atoms with van der Waals surface area (Å²) in [5.41, 5.74) is 3.24. The fraction of sp³-hybridized carbons (Fsp3) is 0.300. The first-order valence-corrected chi connectivity index (χ1v) is 8.34. The maximum atomic E-state index is 13.1. The number of aromatic nitrogens is 2. The molecule has 2 aromatic carbocycles. The molecular weight excluding hydrogens is 336 g/mol. The quantitative estimate of drug-likeness (QED) is 0.689. The van der Waals surface area contributed by atoms with Crippen LogP contribution in [0.3, 0.4) is 0 Å². The Labute approximate surface area is 151 Å². The number of hydrogen-bond donors (Lipinski definition) is 1. The van der Waals surface area contributed by atoms with Gasteiger partial charge in [-0.25, -0.2) is 18.7 Å². The number of methoxy groups -OCH3 is 1. The van der Waals surface area contributed by atoms with E-state index >= 15 is 0 Å². The van der Waals surface area contributed by atoms with Crippen LogP contribution in [-0.4, -0.2) is 17.1 Å². The molecule has 0 amide bonds.